The van der Waals surface area contributed by atoms with Crippen molar-refractivity contribution in [3.05, 3.63) is 105 Å². The molecule has 0 atom stereocenters. The zero-order chi connectivity index (χ0) is 21.1. The molecule has 0 unspecified atom stereocenters. The van der Waals surface area contributed by atoms with Gasteiger partial charge in [0.05, 0.1) is 17.7 Å². The van der Waals surface area contributed by atoms with Crippen molar-refractivity contribution in [3.63, 3.8) is 0 Å². The van der Waals surface area contributed by atoms with Crippen molar-refractivity contribution in [1.82, 2.24) is 0 Å². The van der Waals surface area contributed by atoms with Crippen LogP contribution >= 0.6 is 22.9 Å². The molecule has 2 N–H and O–H groups in total. The van der Waals surface area contributed by atoms with E-state index in [2.05, 4.69) is 0 Å². The van der Waals surface area contributed by atoms with Crippen LogP contribution in [0, 0.1) is 0 Å². The minimum absolute atomic E-state index is 0.101. The maximum absolute atomic E-state index is 13.4. The van der Waals surface area contributed by atoms with Gasteiger partial charge in [-0.15, -0.1) is 11.3 Å². The van der Waals surface area contributed by atoms with E-state index in [1.54, 1.807) is 31.4 Å². The monoisotopic (exact) mass is 433 g/mol. The molecular weight excluding hydrogens is 414 g/mol. The van der Waals surface area contributed by atoms with E-state index in [1.807, 2.05) is 54.6 Å². The Morgan fingerprint density at radius 3 is 2.43 bits per heavy atom. The summed E-state index contributed by atoms with van der Waals surface area (Å²) < 4.78 is 5.36. The number of ketones is 1. The molecule has 5 heteroatoms. The lowest BCUT2D eigenvalue weighted by Crippen LogP contribution is -2.05. The quantitative estimate of drug-likeness (QED) is 0.354. The predicted molar refractivity (Wildman–Crippen MR) is 125 cm³/mol. The van der Waals surface area contributed by atoms with Crippen LogP contribution in [0.4, 0.5) is 5.00 Å². The first-order valence-corrected chi connectivity index (χ1v) is 10.7. The number of rotatable bonds is 6. The summed E-state index contributed by atoms with van der Waals surface area (Å²) in [6, 6.07) is 24.8. The molecule has 0 aliphatic heterocycles. The topological polar surface area (TPSA) is 52.3 Å². The van der Waals surface area contributed by atoms with E-state index >= 15 is 0 Å². The molecule has 0 saturated carbocycles. The highest BCUT2D eigenvalue weighted by molar-refractivity contribution is 7.17. The van der Waals surface area contributed by atoms with Crippen LogP contribution in [0.5, 0.6) is 5.75 Å². The number of nitrogens with two attached hydrogens (primary N) is 1. The normalized spacial score (nSPS) is 10.7. The van der Waals surface area contributed by atoms with Crippen LogP contribution in [0.25, 0.3) is 11.1 Å². The Bertz CT molecular complexity index is 1180. The number of halogens is 1. The van der Waals surface area contributed by atoms with Crippen LogP contribution in [0.15, 0.2) is 78.9 Å². The number of anilines is 1. The van der Waals surface area contributed by atoms with Gasteiger partial charge in [-0.2, -0.15) is 0 Å². The van der Waals surface area contributed by atoms with Gasteiger partial charge in [0.15, 0.2) is 5.78 Å². The van der Waals surface area contributed by atoms with Gasteiger partial charge in [-0.05, 0) is 47.5 Å². The first kappa shape index (κ1) is 20.2. The first-order chi connectivity index (χ1) is 14.6. The lowest BCUT2D eigenvalue weighted by Gasteiger charge is -2.09. The standard InChI is InChI=1S/C25H20ClNO2S/c1-29-20-9-5-6-16(14-20)15-21-22(17-7-3-2-4-8-17)23(25(27)30-21)24(28)18-10-12-19(26)13-11-18/h2-14H,15,27H2,1H3. The Labute approximate surface area is 184 Å². The lowest BCUT2D eigenvalue weighted by molar-refractivity contribution is 0.104. The minimum atomic E-state index is -0.101. The fraction of sp³-hybridized carbons (Fsp3) is 0.0800. The molecule has 1 heterocycles. The zero-order valence-corrected chi connectivity index (χ0v) is 18.0. The van der Waals surface area contributed by atoms with Crippen molar-refractivity contribution < 1.29 is 9.53 Å². The van der Waals surface area contributed by atoms with Crippen molar-refractivity contribution in [2.24, 2.45) is 0 Å². The molecule has 3 nitrogen and oxygen atoms in total. The number of carbonyl (C=O) groups excluding carboxylic acids is 1. The summed E-state index contributed by atoms with van der Waals surface area (Å²) in [5, 5.41) is 1.11. The third kappa shape index (κ3) is 4.11. The summed E-state index contributed by atoms with van der Waals surface area (Å²) in [5.74, 6) is 0.701. The van der Waals surface area contributed by atoms with Gasteiger partial charge in [0, 0.05) is 27.4 Å². The van der Waals surface area contributed by atoms with E-state index in [9.17, 15) is 4.79 Å². The fourth-order valence-corrected chi connectivity index (χ4v) is 4.72. The summed E-state index contributed by atoms with van der Waals surface area (Å²) in [6.45, 7) is 0. The third-order valence-electron chi connectivity index (χ3n) is 4.90. The van der Waals surface area contributed by atoms with Crippen LogP contribution in [0.3, 0.4) is 0 Å². The van der Waals surface area contributed by atoms with Crippen LogP contribution in [0.2, 0.25) is 5.02 Å². The number of carbonyl (C=O) groups is 1. The van der Waals surface area contributed by atoms with E-state index in [1.165, 1.54) is 11.3 Å². The molecule has 1 aromatic heterocycles. The van der Waals surface area contributed by atoms with Crippen molar-refractivity contribution in [1.29, 1.82) is 0 Å². The SMILES string of the molecule is COc1cccc(Cc2sc(N)c(C(=O)c3ccc(Cl)cc3)c2-c2ccccc2)c1. The summed E-state index contributed by atoms with van der Waals surface area (Å²) in [6.07, 6.45) is 0.657. The van der Waals surface area contributed by atoms with Gasteiger partial charge in [-0.1, -0.05) is 54.1 Å². The Hall–Kier alpha value is -3.08. The molecule has 0 radical (unpaired) electrons. The Kier molecular flexibility index (Phi) is 5.88. The molecule has 3 aromatic carbocycles. The molecular formula is C25H20ClNO2S. The van der Waals surface area contributed by atoms with E-state index in [0.717, 1.165) is 27.3 Å². The largest absolute Gasteiger partial charge is 0.497 e. The van der Waals surface area contributed by atoms with E-state index < -0.39 is 0 Å². The third-order valence-corrected chi connectivity index (χ3v) is 6.17. The van der Waals surface area contributed by atoms with Crippen molar-refractivity contribution >= 4 is 33.7 Å². The molecule has 0 spiro atoms. The second-order valence-electron chi connectivity index (χ2n) is 6.87. The maximum atomic E-state index is 13.4. The van der Waals surface area contributed by atoms with Crippen LogP contribution in [-0.4, -0.2) is 12.9 Å². The summed E-state index contributed by atoms with van der Waals surface area (Å²) in [5.41, 5.74) is 10.5. The van der Waals surface area contributed by atoms with Crippen LogP contribution in [-0.2, 0) is 6.42 Å². The molecule has 4 aromatic rings. The number of ether oxygens (including phenoxy) is 1. The average Bonchev–Trinajstić information content (AvgIpc) is 3.10. The molecule has 150 valence electrons. The van der Waals surface area contributed by atoms with Gasteiger partial charge in [0.2, 0.25) is 0 Å². The summed E-state index contributed by atoms with van der Waals surface area (Å²) in [4.78, 5) is 14.4. The van der Waals surface area contributed by atoms with Gasteiger partial charge in [-0.25, -0.2) is 0 Å². The second kappa shape index (κ2) is 8.74. The molecule has 0 aliphatic carbocycles. The van der Waals surface area contributed by atoms with Gasteiger partial charge in [0.25, 0.3) is 0 Å². The summed E-state index contributed by atoms with van der Waals surface area (Å²) >= 11 is 7.46. The number of methoxy groups -OCH3 is 1. The van der Waals surface area contributed by atoms with Gasteiger partial charge >= 0.3 is 0 Å². The average molecular weight is 434 g/mol. The van der Waals surface area contributed by atoms with Gasteiger partial charge in [0.1, 0.15) is 5.75 Å². The highest BCUT2D eigenvalue weighted by atomic mass is 35.5. The molecule has 0 saturated heterocycles. The Morgan fingerprint density at radius 1 is 1.00 bits per heavy atom. The molecule has 0 aliphatic rings. The van der Waals surface area contributed by atoms with Gasteiger partial charge in [-0.3, -0.25) is 4.79 Å². The molecule has 30 heavy (non-hydrogen) atoms. The van der Waals surface area contributed by atoms with E-state index in [0.29, 0.717) is 27.6 Å². The Morgan fingerprint density at radius 2 is 1.73 bits per heavy atom. The van der Waals surface area contributed by atoms with Gasteiger partial charge < -0.3 is 10.5 Å². The molecule has 0 amide bonds. The highest BCUT2D eigenvalue weighted by Crippen LogP contribution is 2.41. The molecule has 0 fully saturated rings. The fourth-order valence-electron chi connectivity index (χ4n) is 3.47. The number of hydrogen-bond donors (Lipinski definition) is 1. The minimum Gasteiger partial charge on any atom is -0.497 e. The zero-order valence-electron chi connectivity index (χ0n) is 16.4. The van der Waals surface area contributed by atoms with E-state index in [-0.39, 0.29) is 5.78 Å². The maximum Gasteiger partial charge on any atom is 0.196 e. The van der Waals surface area contributed by atoms with Crippen molar-refractivity contribution in [3.8, 4) is 16.9 Å². The Balaban J connectivity index is 1.84. The van der Waals surface area contributed by atoms with E-state index in [4.69, 9.17) is 22.1 Å². The van der Waals surface area contributed by atoms with Crippen LogP contribution < -0.4 is 10.5 Å². The number of hydrogen-bond acceptors (Lipinski definition) is 4. The number of thiophene rings is 1. The lowest BCUT2D eigenvalue weighted by atomic mass is 9.93. The number of benzene rings is 3. The predicted octanol–water partition coefficient (Wildman–Crippen LogP) is 6.48. The van der Waals surface area contributed by atoms with Crippen LogP contribution in [0.1, 0.15) is 26.4 Å². The number of nitrogen functional groups attached to an aromatic ring is 1. The first-order valence-electron chi connectivity index (χ1n) is 9.46. The van der Waals surface area contributed by atoms with Crippen molar-refractivity contribution in [2.45, 2.75) is 6.42 Å². The molecule has 0 bridgehead atoms. The smallest absolute Gasteiger partial charge is 0.196 e. The molecule has 4 rings (SSSR count). The highest BCUT2D eigenvalue weighted by Gasteiger charge is 2.24. The second-order valence-corrected chi connectivity index (χ2v) is 8.44. The summed E-state index contributed by atoms with van der Waals surface area (Å²) in [7, 11) is 1.65. The van der Waals surface area contributed by atoms with Crippen molar-refractivity contribution in [2.75, 3.05) is 12.8 Å².